The predicted molar refractivity (Wildman–Crippen MR) is 86.0 cm³/mol. The molecule has 2 N–H and O–H groups in total. The Kier molecular flexibility index (Phi) is 4.87. The molecule has 0 aliphatic carbocycles. The predicted octanol–water partition coefficient (Wildman–Crippen LogP) is 2.20. The molecule has 0 bridgehead atoms. The van der Waals surface area contributed by atoms with Gasteiger partial charge in [-0.1, -0.05) is 6.07 Å². The summed E-state index contributed by atoms with van der Waals surface area (Å²) < 4.78 is 7.19. The molecule has 0 radical (unpaired) electrons. The molecule has 23 heavy (non-hydrogen) atoms. The minimum absolute atomic E-state index is 0.171. The molecule has 1 fully saturated rings. The van der Waals surface area contributed by atoms with Gasteiger partial charge in [-0.05, 0) is 25.5 Å². The van der Waals surface area contributed by atoms with Crippen LogP contribution in [-0.4, -0.2) is 34.0 Å². The summed E-state index contributed by atoms with van der Waals surface area (Å²) in [7, 11) is 0. The SMILES string of the molecule is C[C@@H](NC(=O)Nc1ccnn1C[C@H]1CCOC1)c1ccccn1. The molecule has 7 nitrogen and oxygen atoms in total. The molecule has 1 aliphatic rings. The second kappa shape index (κ2) is 7.23. The number of hydrogen-bond donors (Lipinski definition) is 2. The Labute approximate surface area is 135 Å². The molecular formula is C16H21N5O2. The van der Waals surface area contributed by atoms with Crippen LogP contribution in [0.2, 0.25) is 0 Å². The minimum Gasteiger partial charge on any atom is -0.381 e. The van der Waals surface area contributed by atoms with Gasteiger partial charge in [0.1, 0.15) is 5.82 Å². The zero-order valence-corrected chi connectivity index (χ0v) is 13.1. The number of amides is 2. The molecule has 7 heteroatoms. The van der Waals surface area contributed by atoms with Crippen molar-refractivity contribution in [3.8, 4) is 0 Å². The lowest BCUT2D eigenvalue weighted by molar-refractivity contribution is 0.181. The number of ether oxygens (including phenoxy) is 1. The zero-order valence-electron chi connectivity index (χ0n) is 13.1. The summed E-state index contributed by atoms with van der Waals surface area (Å²) in [4.78, 5) is 16.4. The minimum atomic E-state index is -0.271. The highest BCUT2D eigenvalue weighted by Crippen LogP contribution is 2.17. The van der Waals surface area contributed by atoms with Crippen LogP contribution in [0.1, 0.15) is 25.1 Å². The van der Waals surface area contributed by atoms with Crippen LogP contribution in [0.25, 0.3) is 0 Å². The standard InChI is InChI=1S/C16H21N5O2/c1-12(14-4-2-3-7-17-14)19-16(22)20-15-5-8-18-21(15)10-13-6-9-23-11-13/h2-5,7-8,12-13H,6,9-11H2,1H3,(H2,19,20,22)/t12-,13-/m1/s1. The first-order valence-electron chi connectivity index (χ1n) is 7.80. The first kappa shape index (κ1) is 15.5. The number of nitrogens with one attached hydrogen (secondary N) is 2. The Morgan fingerprint density at radius 3 is 3.09 bits per heavy atom. The number of pyridine rings is 1. The summed E-state index contributed by atoms with van der Waals surface area (Å²) in [5.41, 5.74) is 0.819. The average molecular weight is 315 g/mol. The van der Waals surface area contributed by atoms with Crippen LogP contribution in [0.5, 0.6) is 0 Å². The number of nitrogens with zero attached hydrogens (tertiary/aromatic N) is 3. The molecule has 2 aromatic rings. The molecular weight excluding hydrogens is 294 g/mol. The second-order valence-corrected chi connectivity index (χ2v) is 5.70. The van der Waals surface area contributed by atoms with Crippen molar-refractivity contribution in [1.29, 1.82) is 0 Å². The van der Waals surface area contributed by atoms with E-state index in [1.807, 2.05) is 29.8 Å². The Balaban J connectivity index is 1.56. The van der Waals surface area contributed by atoms with Crippen molar-refractivity contribution in [1.82, 2.24) is 20.1 Å². The monoisotopic (exact) mass is 315 g/mol. The van der Waals surface area contributed by atoms with Gasteiger partial charge < -0.3 is 10.1 Å². The fourth-order valence-corrected chi connectivity index (χ4v) is 2.61. The van der Waals surface area contributed by atoms with Crippen LogP contribution < -0.4 is 10.6 Å². The van der Waals surface area contributed by atoms with E-state index in [1.54, 1.807) is 18.5 Å². The van der Waals surface area contributed by atoms with Gasteiger partial charge >= 0.3 is 6.03 Å². The first-order chi connectivity index (χ1) is 11.2. The maximum atomic E-state index is 12.2. The Morgan fingerprint density at radius 1 is 1.43 bits per heavy atom. The molecule has 2 atom stereocenters. The average Bonchev–Trinajstić information content (AvgIpc) is 3.21. The number of urea groups is 1. The second-order valence-electron chi connectivity index (χ2n) is 5.70. The third-order valence-corrected chi connectivity index (χ3v) is 3.89. The highest BCUT2D eigenvalue weighted by molar-refractivity contribution is 5.88. The molecule has 122 valence electrons. The number of carbonyl (C=O) groups is 1. The van der Waals surface area contributed by atoms with Crippen LogP contribution >= 0.6 is 0 Å². The van der Waals surface area contributed by atoms with Gasteiger partial charge in [0.05, 0.1) is 24.5 Å². The van der Waals surface area contributed by atoms with Crippen molar-refractivity contribution in [3.63, 3.8) is 0 Å². The largest absolute Gasteiger partial charge is 0.381 e. The van der Waals surface area contributed by atoms with Gasteiger partial charge in [0, 0.05) is 31.3 Å². The van der Waals surface area contributed by atoms with Crippen molar-refractivity contribution in [2.45, 2.75) is 25.9 Å². The fourth-order valence-electron chi connectivity index (χ4n) is 2.61. The van der Waals surface area contributed by atoms with E-state index in [1.165, 1.54) is 0 Å². The van der Waals surface area contributed by atoms with Crippen molar-refractivity contribution in [2.75, 3.05) is 18.5 Å². The van der Waals surface area contributed by atoms with Crippen molar-refractivity contribution < 1.29 is 9.53 Å². The van der Waals surface area contributed by atoms with Gasteiger partial charge in [0.25, 0.3) is 0 Å². The van der Waals surface area contributed by atoms with Crippen molar-refractivity contribution in [2.24, 2.45) is 5.92 Å². The van der Waals surface area contributed by atoms with E-state index in [2.05, 4.69) is 20.7 Å². The van der Waals surface area contributed by atoms with Crippen molar-refractivity contribution >= 4 is 11.8 Å². The Morgan fingerprint density at radius 2 is 2.35 bits per heavy atom. The highest BCUT2D eigenvalue weighted by Gasteiger charge is 2.18. The van der Waals surface area contributed by atoms with E-state index in [-0.39, 0.29) is 12.1 Å². The summed E-state index contributed by atoms with van der Waals surface area (Å²) in [5, 5.41) is 10.0. The summed E-state index contributed by atoms with van der Waals surface area (Å²) in [6.07, 6.45) is 4.43. The molecule has 0 spiro atoms. The molecule has 1 aliphatic heterocycles. The summed E-state index contributed by atoms with van der Waals surface area (Å²) >= 11 is 0. The van der Waals surface area contributed by atoms with Gasteiger partial charge in [-0.2, -0.15) is 5.10 Å². The van der Waals surface area contributed by atoms with Gasteiger partial charge in [-0.25, -0.2) is 9.48 Å². The van der Waals surface area contributed by atoms with Gasteiger partial charge in [-0.3, -0.25) is 10.3 Å². The topological polar surface area (TPSA) is 81.1 Å². The van der Waals surface area contributed by atoms with Crippen LogP contribution in [0, 0.1) is 5.92 Å². The fraction of sp³-hybridized carbons (Fsp3) is 0.438. The third-order valence-electron chi connectivity index (χ3n) is 3.89. The number of aromatic nitrogens is 3. The van der Waals surface area contributed by atoms with Gasteiger partial charge in [0.2, 0.25) is 0 Å². The van der Waals surface area contributed by atoms with Gasteiger partial charge in [-0.15, -0.1) is 0 Å². The van der Waals surface area contributed by atoms with E-state index in [0.29, 0.717) is 11.7 Å². The summed E-state index contributed by atoms with van der Waals surface area (Å²) in [6.45, 7) is 4.20. The first-order valence-corrected chi connectivity index (χ1v) is 7.80. The van der Waals surface area contributed by atoms with E-state index < -0.39 is 0 Å². The van der Waals surface area contributed by atoms with E-state index in [4.69, 9.17) is 4.74 Å². The maximum absolute atomic E-state index is 12.2. The Hall–Kier alpha value is -2.41. The lowest BCUT2D eigenvalue weighted by Crippen LogP contribution is -2.32. The molecule has 1 saturated heterocycles. The molecule has 2 aromatic heterocycles. The Bertz CT molecular complexity index is 637. The summed E-state index contributed by atoms with van der Waals surface area (Å²) in [6, 6.07) is 6.98. The normalized spacial score (nSPS) is 18.6. The molecule has 0 unspecified atom stereocenters. The van der Waals surface area contributed by atoms with Crippen LogP contribution in [-0.2, 0) is 11.3 Å². The van der Waals surface area contributed by atoms with Crippen LogP contribution in [0.15, 0.2) is 36.7 Å². The van der Waals surface area contributed by atoms with E-state index in [0.717, 1.165) is 31.9 Å². The number of rotatable bonds is 5. The molecule has 2 amide bonds. The molecule has 0 saturated carbocycles. The maximum Gasteiger partial charge on any atom is 0.320 e. The number of carbonyl (C=O) groups excluding carboxylic acids is 1. The lowest BCUT2D eigenvalue weighted by atomic mass is 10.1. The van der Waals surface area contributed by atoms with Gasteiger partial charge in [0.15, 0.2) is 0 Å². The zero-order chi connectivity index (χ0) is 16.1. The lowest BCUT2D eigenvalue weighted by Gasteiger charge is -2.15. The number of anilines is 1. The number of hydrogen-bond acceptors (Lipinski definition) is 4. The summed E-state index contributed by atoms with van der Waals surface area (Å²) in [5.74, 6) is 1.13. The van der Waals surface area contributed by atoms with Crippen molar-refractivity contribution in [3.05, 3.63) is 42.4 Å². The molecule has 3 heterocycles. The smallest absolute Gasteiger partial charge is 0.320 e. The van der Waals surface area contributed by atoms with E-state index in [9.17, 15) is 4.79 Å². The van der Waals surface area contributed by atoms with Crippen LogP contribution in [0.4, 0.5) is 10.6 Å². The third kappa shape index (κ3) is 4.07. The van der Waals surface area contributed by atoms with E-state index >= 15 is 0 Å². The highest BCUT2D eigenvalue weighted by atomic mass is 16.5. The van der Waals surface area contributed by atoms with Crippen LogP contribution in [0.3, 0.4) is 0 Å². The molecule has 3 rings (SSSR count). The quantitative estimate of drug-likeness (QED) is 0.886. The molecule has 0 aromatic carbocycles.